The maximum absolute atomic E-state index is 11.4. The molecule has 3 N–H and O–H groups in total. The van der Waals surface area contributed by atoms with Crippen molar-refractivity contribution in [3.63, 3.8) is 0 Å². The summed E-state index contributed by atoms with van der Waals surface area (Å²) in [5.41, 5.74) is 0.122. The van der Waals surface area contributed by atoms with E-state index in [-0.39, 0.29) is 11.4 Å². The van der Waals surface area contributed by atoms with Crippen LogP contribution in [0.25, 0.3) is 0 Å². The molecule has 0 bridgehead atoms. The van der Waals surface area contributed by atoms with E-state index < -0.39 is 0 Å². The Labute approximate surface area is 82.2 Å². The van der Waals surface area contributed by atoms with Gasteiger partial charge in [-0.1, -0.05) is 13.3 Å². The van der Waals surface area contributed by atoms with Crippen LogP contribution in [0.4, 0.5) is 0 Å². The third-order valence-electron chi connectivity index (χ3n) is 1.89. The molecule has 0 atom stereocenters. The van der Waals surface area contributed by atoms with Gasteiger partial charge < -0.3 is 15.4 Å². The predicted octanol–water partition coefficient (Wildman–Crippen LogP) is 0.147. The third-order valence-corrected chi connectivity index (χ3v) is 1.89. The summed E-state index contributed by atoms with van der Waals surface area (Å²) in [5.74, 6) is 0.302. The monoisotopic (exact) mass is 197 g/mol. The normalized spacial score (nSPS) is 10.4. The molecular formula is C9H15N3O2. The zero-order valence-electron chi connectivity index (χ0n) is 8.42. The fraction of sp³-hybridized carbons (Fsp3) is 0.556. The van der Waals surface area contributed by atoms with Gasteiger partial charge in [0.2, 0.25) is 5.88 Å². The Morgan fingerprint density at radius 2 is 2.29 bits per heavy atom. The van der Waals surface area contributed by atoms with Crippen molar-refractivity contribution in [2.45, 2.75) is 26.3 Å². The van der Waals surface area contributed by atoms with Crippen molar-refractivity contribution in [2.75, 3.05) is 7.05 Å². The Hall–Kier alpha value is -1.36. The molecule has 0 aliphatic rings. The average molecular weight is 197 g/mol. The molecule has 0 saturated carbocycles. The van der Waals surface area contributed by atoms with Gasteiger partial charge in [0, 0.05) is 0 Å². The smallest absolute Gasteiger partial charge is 0.257 e. The lowest BCUT2D eigenvalue weighted by Gasteiger charge is -2.04. The second-order valence-corrected chi connectivity index (χ2v) is 3.10. The predicted molar refractivity (Wildman–Crippen MR) is 53.3 cm³/mol. The van der Waals surface area contributed by atoms with Crippen LogP contribution in [-0.4, -0.2) is 22.1 Å². The summed E-state index contributed by atoms with van der Waals surface area (Å²) in [6.45, 7) is 2.38. The molecule has 1 aromatic rings. The van der Waals surface area contributed by atoms with Crippen molar-refractivity contribution in [2.24, 2.45) is 0 Å². The highest BCUT2D eigenvalue weighted by Crippen LogP contribution is 2.09. The van der Waals surface area contributed by atoms with Crippen molar-refractivity contribution in [1.29, 1.82) is 0 Å². The van der Waals surface area contributed by atoms with Crippen LogP contribution in [0.3, 0.4) is 0 Å². The fourth-order valence-electron chi connectivity index (χ4n) is 1.26. The lowest BCUT2D eigenvalue weighted by Crippen LogP contribution is -2.19. The minimum absolute atomic E-state index is 0.152. The largest absolute Gasteiger partial charge is 0.493 e. The van der Waals surface area contributed by atoms with Crippen molar-refractivity contribution in [3.05, 3.63) is 21.7 Å². The highest BCUT2D eigenvalue weighted by atomic mass is 16.3. The van der Waals surface area contributed by atoms with Crippen LogP contribution >= 0.6 is 0 Å². The van der Waals surface area contributed by atoms with E-state index in [1.54, 1.807) is 7.05 Å². The lowest BCUT2D eigenvalue weighted by molar-refractivity contribution is 0.438. The molecule has 5 nitrogen and oxygen atoms in total. The number of aromatic nitrogens is 2. The SMILES string of the molecule is CCCc1c(O)nc(CNC)[nH]c1=O. The van der Waals surface area contributed by atoms with Gasteiger partial charge in [0.05, 0.1) is 12.1 Å². The zero-order valence-corrected chi connectivity index (χ0v) is 8.42. The molecule has 0 aromatic carbocycles. The molecule has 1 heterocycles. The number of H-pyrrole nitrogens is 1. The maximum Gasteiger partial charge on any atom is 0.257 e. The van der Waals surface area contributed by atoms with Gasteiger partial charge in [0.25, 0.3) is 5.56 Å². The maximum atomic E-state index is 11.4. The number of aromatic hydroxyl groups is 1. The van der Waals surface area contributed by atoms with Crippen LogP contribution in [0.1, 0.15) is 24.7 Å². The molecule has 5 heteroatoms. The van der Waals surface area contributed by atoms with Crippen LogP contribution in [0, 0.1) is 0 Å². The van der Waals surface area contributed by atoms with Gasteiger partial charge in [-0.2, -0.15) is 4.98 Å². The van der Waals surface area contributed by atoms with Crippen molar-refractivity contribution in [3.8, 4) is 5.88 Å². The first-order valence-electron chi connectivity index (χ1n) is 4.64. The van der Waals surface area contributed by atoms with Crippen molar-refractivity contribution in [1.82, 2.24) is 15.3 Å². The third kappa shape index (κ3) is 2.32. The Morgan fingerprint density at radius 3 is 2.79 bits per heavy atom. The molecule has 0 unspecified atom stereocenters. The molecule has 0 spiro atoms. The van der Waals surface area contributed by atoms with Crippen LogP contribution in [0.5, 0.6) is 5.88 Å². The molecule has 0 aliphatic heterocycles. The van der Waals surface area contributed by atoms with E-state index in [4.69, 9.17) is 0 Å². The number of aromatic amines is 1. The summed E-state index contributed by atoms with van der Waals surface area (Å²) in [6, 6.07) is 0. The molecular weight excluding hydrogens is 182 g/mol. The van der Waals surface area contributed by atoms with Gasteiger partial charge in [-0.25, -0.2) is 0 Å². The van der Waals surface area contributed by atoms with Crippen molar-refractivity contribution >= 4 is 0 Å². The lowest BCUT2D eigenvalue weighted by atomic mass is 10.2. The summed E-state index contributed by atoms with van der Waals surface area (Å²) in [6.07, 6.45) is 1.36. The molecule has 0 saturated heterocycles. The minimum atomic E-state index is -0.246. The molecule has 14 heavy (non-hydrogen) atoms. The first kappa shape index (κ1) is 10.7. The molecule has 0 fully saturated rings. The first-order chi connectivity index (χ1) is 6.69. The van der Waals surface area contributed by atoms with Crippen LogP contribution in [0.2, 0.25) is 0 Å². The van der Waals surface area contributed by atoms with Gasteiger partial charge in [-0.05, 0) is 13.5 Å². The highest BCUT2D eigenvalue weighted by molar-refractivity contribution is 5.22. The molecule has 1 rings (SSSR count). The Bertz CT molecular complexity index is 360. The fourth-order valence-corrected chi connectivity index (χ4v) is 1.26. The first-order valence-corrected chi connectivity index (χ1v) is 4.64. The van der Waals surface area contributed by atoms with E-state index in [0.717, 1.165) is 6.42 Å². The molecule has 0 amide bonds. The van der Waals surface area contributed by atoms with Gasteiger partial charge >= 0.3 is 0 Å². The summed E-state index contributed by atoms with van der Waals surface area (Å²) in [5, 5.41) is 12.3. The Balaban J connectivity index is 3.05. The van der Waals surface area contributed by atoms with Crippen LogP contribution < -0.4 is 10.9 Å². The van der Waals surface area contributed by atoms with Gasteiger partial charge in [-0.15, -0.1) is 0 Å². The molecule has 1 aromatic heterocycles. The van der Waals surface area contributed by atoms with Crippen molar-refractivity contribution < 1.29 is 5.11 Å². The van der Waals surface area contributed by atoms with Crippen LogP contribution in [-0.2, 0) is 13.0 Å². The Kier molecular flexibility index (Phi) is 3.64. The second kappa shape index (κ2) is 4.76. The standard InChI is InChI=1S/C9H15N3O2/c1-3-4-6-8(13)11-7(5-10-2)12-9(6)14/h10H,3-5H2,1-2H3,(H2,11,12,13,14). The van der Waals surface area contributed by atoms with E-state index >= 15 is 0 Å². The van der Waals surface area contributed by atoms with E-state index in [2.05, 4.69) is 15.3 Å². The van der Waals surface area contributed by atoms with E-state index in [1.165, 1.54) is 0 Å². The second-order valence-electron chi connectivity index (χ2n) is 3.10. The van der Waals surface area contributed by atoms with E-state index in [0.29, 0.717) is 24.4 Å². The number of hydrogen-bond donors (Lipinski definition) is 3. The highest BCUT2D eigenvalue weighted by Gasteiger charge is 2.08. The van der Waals surface area contributed by atoms with Gasteiger partial charge in [0.15, 0.2) is 0 Å². The summed E-state index contributed by atoms with van der Waals surface area (Å²) < 4.78 is 0. The minimum Gasteiger partial charge on any atom is -0.493 e. The van der Waals surface area contributed by atoms with E-state index in [1.807, 2.05) is 6.92 Å². The average Bonchev–Trinajstić information content (AvgIpc) is 2.12. The number of rotatable bonds is 4. The summed E-state index contributed by atoms with van der Waals surface area (Å²) in [4.78, 5) is 17.9. The van der Waals surface area contributed by atoms with E-state index in [9.17, 15) is 9.90 Å². The topological polar surface area (TPSA) is 78.0 Å². The quantitative estimate of drug-likeness (QED) is 0.642. The number of nitrogens with zero attached hydrogens (tertiary/aromatic N) is 1. The van der Waals surface area contributed by atoms with Crippen LogP contribution in [0.15, 0.2) is 4.79 Å². The summed E-state index contributed by atoms with van der Waals surface area (Å²) >= 11 is 0. The molecule has 0 aliphatic carbocycles. The Morgan fingerprint density at radius 1 is 1.57 bits per heavy atom. The zero-order chi connectivity index (χ0) is 10.6. The van der Waals surface area contributed by atoms with Gasteiger partial charge in [0.1, 0.15) is 5.82 Å². The molecule has 78 valence electrons. The van der Waals surface area contributed by atoms with Gasteiger partial charge in [-0.3, -0.25) is 4.79 Å². The molecule has 0 radical (unpaired) electrons. The number of nitrogens with one attached hydrogen (secondary N) is 2. The number of hydrogen-bond acceptors (Lipinski definition) is 4. The summed E-state index contributed by atoms with van der Waals surface area (Å²) in [7, 11) is 1.75.